The highest BCUT2D eigenvalue weighted by atomic mass is 16.5. The minimum absolute atomic E-state index is 0.0199. The number of amides is 1. The number of aliphatic hydroxyl groups is 1. The van der Waals surface area contributed by atoms with Crippen LogP contribution in [0.4, 0.5) is 0 Å². The van der Waals surface area contributed by atoms with Crippen LogP contribution in [0.2, 0.25) is 0 Å². The molecule has 5 nitrogen and oxygen atoms in total. The van der Waals surface area contributed by atoms with Crippen LogP contribution in [0.1, 0.15) is 20.3 Å². The Balaban J connectivity index is 2.46. The van der Waals surface area contributed by atoms with Crippen LogP contribution in [0.25, 0.3) is 5.76 Å². The third kappa shape index (κ3) is 2.96. The van der Waals surface area contributed by atoms with Gasteiger partial charge in [0.25, 0.3) is 5.91 Å². The zero-order chi connectivity index (χ0) is 15.5. The number of rotatable bonds is 5. The molecule has 0 saturated carbocycles. The van der Waals surface area contributed by atoms with Crippen molar-refractivity contribution in [3.05, 3.63) is 34.8 Å². The van der Waals surface area contributed by atoms with Crippen LogP contribution in [0.5, 0.6) is 0 Å². The topological polar surface area (TPSA) is 82.7 Å². The third-order valence-electron chi connectivity index (χ3n) is 3.85. The lowest BCUT2D eigenvalue weighted by Gasteiger charge is -2.27. The minimum atomic E-state index is -1.01. The summed E-state index contributed by atoms with van der Waals surface area (Å²) >= 11 is 0. The molecule has 0 saturated heterocycles. The fourth-order valence-electron chi connectivity index (χ4n) is 2.02. The van der Waals surface area contributed by atoms with Gasteiger partial charge < -0.3 is 9.84 Å². The largest absolute Gasteiger partial charge is 0.495 e. The van der Waals surface area contributed by atoms with Gasteiger partial charge in [0, 0.05) is 10.6 Å². The molecule has 2 atom stereocenters. The molecule has 1 aromatic carbocycles. The zero-order valence-electron chi connectivity index (χ0n) is 12.2. The quantitative estimate of drug-likeness (QED) is 0.855. The van der Waals surface area contributed by atoms with Crippen molar-refractivity contribution in [2.45, 2.75) is 20.3 Å². The summed E-state index contributed by atoms with van der Waals surface area (Å²) in [5.74, 6) is -1.19. The third-order valence-corrected chi connectivity index (χ3v) is 3.85. The number of nitrogens with zero attached hydrogens (tertiary/aromatic N) is 2. The first kappa shape index (κ1) is 15.2. The van der Waals surface area contributed by atoms with E-state index < -0.39 is 17.2 Å². The molecule has 0 aromatic heterocycles. The summed E-state index contributed by atoms with van der Waals surface area (Å²) in [6.45, 7) is 4.08. The summed E-state index contributed by atoms with van der Waals surface area (Å²) in [5.41, 5.74) is -0.403. The van der Waals surface area contributed by atoms with Crippen molar-refractivity contribution in [1.29, 1.82) is 5.26 Å². The highest BCUT2D eigenvalue weighted by Gasteiger charge is 2.30. The second-order valence-electron chi connectivity index (χ2n) is 5.50. The Bertz CT molecular complexity index is 699. The van der Waals surface area contributed by atoms with Crippen molar-refractivity contribution in [2.24, 2.45) is 16.3 Å². The molecule has 5 heteroatoms. The highest BCUT2D eigenvalue weighted by Crippen LogP contribution is 2.24. The lowest BCUT2D eigenvalue weighted by molar-refractivity contribution is -0.119. The molecule has 0 aliphatic carbocycles. The van der Waals surface area contributed by atoms with E-state index in [1.807, 2.05) is 26.0 Å². The van der Waals surface area contributed by atoms with Gasteiger partial charge in [-0.3, -0.25) is 4.79 Å². The molecule has 1 aliphatic heterocycles. The van der Waals surface area contributed by atoms with E-state index in [0.717, 1.165) is 6.42 Å². The molecule has 2 rings (SSSR count). The van der Waals surface area contributed by atoms with Gasteiger partial charge >= 0.3 is 0 Å². The molecule has 1 N–H and O–H groups in total. The lowest BCUT2D eigenvalue weighted by atomic mass is 9.90. The summed E-state index contributed by atoms with van der Waals surface area (Å²) in [7, 11) is 0. The number of nitriles is 1. The molecule has 0 radical (unpaired) electrons. The average molecular weight is 286 g/mol. The predicted octanol–water partition coefficient (Wildman–Crippen LogP) is 0.520. The van der Waals surface area contributed by atoms with Gasteiger partial charge in [-0.25, -0.2) is 4.99 Å². The van der Waals surface area contributed by atoms with Crippen molar-refractivity contribution in [1.82, 2.24) is 0 Å². The maximum atomic E-state index is 11.9. The number of fused-ring (bicyclic) bond motifs is 1. The summed E-state index contributed by atoms with van der Waals surface area (Å²) < 4.78 is 5.78. The second kappa shape index (κ2) is 6.06. The normalized spacial score (nSPS) is 20.0. The smallest absolute Gasteiger partial charge is 0.271 e. The van der Waals surface area contributed by atoms with E-state index in [9.17, 15) is 15.2 Å². The van der Waals surface area contributed by atoms with E-state index >= 15 is 0 Å². The number of ether oxygens (including phenoxy) is 1. The van der Waals surface area contributed by atoms with Crippen molar-refractivity contribution >= 4 is 11.7 Å². The molecular formula is C16H18N2O3. The Kier molecular flexibility index (Phi) is 4.39. The average Bonchev–Trinajstić information content (AvgIpc) is 2.51. The molecule has 2 unspecified atom stereocenters. The number of hydrogen-bond donors (Lipinski definition) is 1. The maximum Gasteiger partial charge on any atom is 0.271 e. The van der Waals surface area contributed by atoms with Crippen LogP contribution < -0.4 is 10.6 Å². The Hall–Kier alpha value is -2.19. The van der Waals surface area contributed by atoms with Gasteiger partial charge in [0.15, 0.2) is 5.92 Å². The molecule has 110 valence electrons. The van der Waals surface area contributed by atoms with Gasteiger partial charge in [0.2, 0.25) is 0 Å². The minimum Gasteiger partial charge on any atom is -0.495 e. The van der Waals surface area contributed by atoms with Crippen LogP contribution in [-0.4, -0.2) is 24.2 Å². The number of carbonyl (C=O) groups excluding carboxylic acids is 1. The van der Waals surface area contributed by atoms with Gasteiger partial charge in [-0.2, -0.15) is 5.26 Å². The van der Waals surface area contributed by atoms with Gasteiger partial charge in [0.1, 0.15) is 5.76 Å². The van der Waals surface area contributed by atoms with E-state index in [1.54, 1.807) is 18.2 Å². The summed E-state index contributed by atoms with van der Waals surface area (Å²) in [6.07, 6.45) is 0.730. The number of hydrogen-bond acceptors (Lipinski definition) is 4. The standard InChI is InChI=1S/C16H18N2O3/c1-3-16(2,9-19)10-21-14-11-6-4-5-7-13(11)18-15(20)12(14)8-17/h4-7,12,19H,3,9-10H2,1-2H3. The van der Waals surface area contributed by atoms with E-state index in [0.29, 0.717) is 16.3 Å². The second-order valence-corrected chi connectivity index (χ2v) is 5.50. The van der Waals surface area contributed by atoms with Crippen molar-refractivity contribution in [3.63, 3.8) is 0 Å². The molecule has 1 aliphatic rings. The van der Waals surface area contributed by atoms with Gasteiger partial charge in [0.05, 0.1) is 24.6 Å². The summed E-state index contributed by atoms with van der Waals surface area (Å²) in [4.78, 5) is 15.8. The number of benzene rings is 1. The fraction of sp³-hybridized carbons (Fsp3) is 0.438. The zero-order valence-corrected chi connectivity index (χ0v) is 12.2. The summed E-state index contributed by atoms with van der Waals surface area (Å²) in [5, 5.41) is 19.9. The molecule has 21 heavy (non-hydrogen) atoms. The van der Waals surface area contributed by atoms with E-state index in [1.165, 1.54) is 0 Å². The Morgan fingerprint density at radius 1 is 1.48 bits per heavy atom. The molecular weight excluding hydrogens is 268 g/mol. The van der Waals surface area contributed by atoms with Crippen molar-refractivity contribution < 1.29 is 14.6 Å². The SMILES string of the molecule is CCC(C)(CO)COC1=c2ccccc2=NC(=O)C1C#N. The molecule has 0 spiro atoms. The molecule has 0 bridgehead atoms. The van der Waals surface area contributed by atoms with Crippen molar-refractivity contribution in [2.75, 3.05) is 13.2 Å². The Labute approximate surface area is 123 Å². The lowest BCUT2D eigenvalue weighted by Crippen LogP contribution is -2.39. The monoisotopic (exact) mass is 286 g/mol. The van der Waals surface area contributed by atoms with Gasteiger partial charge in [-0.05, 0) is 18.6 Å². The maximum absolute atomic E-state index is 11.9. The first-order valence-electron chi connectivity index (χ1n) is 6.90. The number of aliphatic hydroxyl groups excluding tert-OH is 1. The van der Waals surface area contributed by atoms with E-state index in [2.05, 4.69) is 4.99 Å². The highest BCUT2D eigenvalue weighted by molar-refractivity contribution is 5.91. The Morgan fingerprint density at radius 2 is 2.19 bits per heavy atom. The molecule has 0 fully saturated rings. The van der Waals surface area contributed by atoms with Gasteiger partial charge in [-0.1, -0.05) is 26.0 Å². The van der Waals surface area contributed by atoms with E-state index in [-0.39, 0.29) is 13.2 Å². The van der Waals surface area contributed by atoms with Crippen LogP contribution >= 0.6 is 0 Å². The molecule has 1 aromatic rings. The summed E-state index contributed by atoms with van der Waals surface area (Å²) in [6, 6.07) is 9.05. The molecule has 1 amide bonds. The van der Waals surface area contributed by atoms with Crippen LogP contribution in [0.15, 0.2) is 29.3 Å². The van der Waals surface area contributed by atoms with Crippen molar-refractivity contribution in [3.8, 4) is 6.07 Å². The predicted molar refractivity (Wildman–Crippen MR) is 76.2 cm³/mol. The van der Waals surface area contributed by atoms with Gasteiger partial charge in [-0.15, -0.1) is 0 Å². The van der Waals surface area contributed by atoms with E-state index in [4.69, 9.17) is 4.74 Å². The first-order chi connectivity index (χ1) is 10.0. The number of para-hydroxylation sites is 1. The van der Waals surface area contributed by atoms with Crippen LogP contribution in [0.3, 0.4) is 0 Å². The fourth-order valence-corrected chi connectivity index (χ4v) is 2.02. The Morgan fingerprint density at radius 3 is 2.81 bits per heavy atom. The van der Waals surface area contributed by atoms with Crippen LogP contribution in [-0.2, 0) is 9.53 Å². The number of carbonyl (C=O) groups is 1. The first-order valence-corrected chi connectivity index (χ1v) is 6.90. The van der Waals surface area contributed by atoms with Crippen LogP contribution in [0, 0.1) is 22.7 Å². The molecule has 1 heterocycles.